The second kappa shape index (κ2) is 15.3. The van der Waals surface area contributed by atoms with Crippen LogP contribution in [0.2, 0.25) is 5.02 Å². The third-order valence-corrected chi connectivity index (χ3v) is 8.32. The third kappa shape index (κ3) is 9.08. The maximum absolute atomic E-state index is 14.3. The molecule has 0 N–H and O–H groups in total. The zero-order valence-electron chi connectivity index (χ0n) is 25.2. The van der Waals surface area contributed by atoms with E-state index in [1.807, 2.05) is 65.6 Å². The maximum atomic E-state index is 14.3. The summed E-state index contributed by atoms with van der Waals surface area (Å²) in [6.07, 6.45) is -1.35. The lowest BCUT2D eigenvalue weighted by atomic mass is 10.0. The minimum Gasteiger partial charge on any atom is -0.338 e. The Morgan fingerprint density at radius 2 is 1.35 bits per heavy atom. The van der Waals surface area contributed by atoms with E-state index in [2.05, 4.69) is 17.0 Å². The van der Waals surface area contributed by atoms with Gasteiger partial charge in [0.2, 0.25) is 11.8 Å². The Hall–Kier alpha value is -4.40. The van der Waals surface area contributed by atoms with Crippen molar-refractivity contribution in [3.05, 3.63) is 148 Å². The molecule has 1 aliphatic heterocycles. The second-order valence-corrected chi connectivity index (χ2v) is 11.8. The van der Waals surface area contributed by atoms with Crippen molar-refractivity contribution in [3.63, 3.8) is 0 Å². The number of carbonyl (C=O) groups is 2. The number of piperazine rings is 1. The number of hydrogen-bond acceptors (Lipinski definition) is 3. The lowest BCUT2D eigenvalue weighted by molar-refractivity contribution is -0.145. The van der Waals surface area contributed by atoms with Crippen LogP contribution in [-0.2, 0) is 35.3 Å². The molecular weight excluding hydrogens is 611 g/mol. The first-order valence-corrected chi connectivity index (χ1v) is 15.5. The molecule has 5 rings (SSSR count). The third-order valence-electron chi connectivity index (χ3n) is 8.07. The van der Waals surface area contributed by atoms with Crippen LogP contribution < -0.4 is 0 Å². The number of hydrogen-bond donors (Lipinski definition) is 0. The highest BCUT2D eigenvalue weighted by Crippen LogP contribution is 2.29. The Bertz CT molecular complexity index is 1600. The first kappa shape index (κ1) is 33.0. The highest BCUT2D eigenvalue weighted by atomic mass is 35.5. The van der Waals surface area contributed by atoms with Gasteiger partial charge in [0, 0.05) is 56.8 Å². The van der Waals surface area contributed by atoms with Gasteiger partial charge in [-0.25, -0.2) is 0 Å². The molecule has 1 heterocycles. The summed E-state index contributed by atoms with van der Waals surface area (Å²) in [5.74, 6) is -0.569. The number of amides is 2. The molecule has 1 aliphatic rings. The summed E-state index contributed by atoms with van der Waals surface area (Å²) in [6.45, 7) is 3.41. The number of benzene rings is 4. The van der Waals surface area contributed by atoms with Crippen LogP contribution in [-0.4, -0.2) is 58.7 Å². The van der Waals surface area contributed by atoms with Gasteiger partial charge in [0.1, 0.15) is 6.04 Å². The molecule has 238 valence electrons. The first-order valence-electron chi connectivity index (χ1n) is 15.1. The largest absolute Gasteiger partial charge is 0.416 e. The Morgan fingerprint density at radius 1 is 0.761 bits per heavy atom. The van der Waals surface area contributed by atoms with Gasteiger partial charge in [-0.2, -0.15) is 13.2 Å². The van der Waals surface area contributed by atoms with Gasteiger partial charge in [0.15, 0.2) is 0 Å². The average molecular weight is 646 g/mol. The van der Waals surface area contributed by atoms with Crippen LogP contribution in [0.4, 0.5) is 13.2 Å². The molecular formula is C37H35ClF3N3O2. The number of alkyl halides is 3. The maximum Gasteiger partial charge on any atom is 0.416 e. The zero-order valence-corrected chi connectivity index (χ0v) is 26.0. The summed E-state index contributed by atoms with van der Waals surface area (Å²) in [5.41, 5.74) is 2.58. The van der Waals surface area contributed by atoms with Crippen LogP contribution in [0.15, 0.2) is 115 Å². The quantitative estimate of drug-likeness (QED) is 0.169. The summed E-state index contributed by atoms with van der Waals surface area (Å²) < 4.78 is 39.2. The number of halogens is 4. The van der Waals surface area contributed by atoms with Crippen molar-refractivity contribution in [2.24, 2.45) is 0 Å². The van der Waals surface area contributed by atoms with E-state index in [9.17, 15) is 22.8 Å². The fourth-order valence-electron chi connectivity index (χ4n) is 5.52. The van der Waals surface area contributed by atoms with Gasteiger partial charge < -0.3 is 9.80 Å². The van der Waals surface area contributed by atoms with Crippen molar-refractivity contribution in [3.8, 4) is 0 Å². The van der Waals surface area contributed by atoms with E-state index in [0.29, 0.717) is 43.2 Å². The molecule has 1 fully saturated rings. The van der Waals surface area contributed by atoms with Crippen molar-refractivity contribution in [1.82, 2.24) is 14.7 Å². The van der Waals surface area contributed by atoms with Crippen LogP contribution in [0.5, 0.6) is 0 Å². The lowest BCUT2D eigenvalue weighted by Gasteiger charge is -2.39. The number of rotatable bonds is 10. The molecule has 46 heavy (non-hydrogen) atoms. The predicted octanol–water partition coefficient (Wildman–Crippen LogP) is 7.36. The molecule has 1 saturated heterocycles. The first-order chi connectivity index (χ1) is 22.2. The van der Waals surface area contributed by atoms with Crippen molar-refractivity contribution in [2.75, 3.05) is 26.2 Å². The van der Waals surface area contributed by atoms with Crippen molar-refractivity contribution in [1.29, 1.82) is 0 Å². The molecule has 4 aromatic rings. The van der Waals surface area contributed by atoms with Gasteiger partial charge in [-0.1, -0.05) is 96.5 Å². The molecule has 0 aliphatic carbocycles. The summed E-state index contributed by atoms with van der Waals surface area (Å²) >= 11 is 6.13. The van der Waals surface area contributed by atoms with Crippen LogP contribution in [0.3, 0.4) is 0 Å². The average Bonchev–Trinajstić information content (AvgIpc) is 3.07. The normalized spacial score (nSPS) is 14.7. The smallest absolute Gasteiger partial charge is 0.338 e. The van der Waals surface area contributed by atoms with Crippen LogP contribution in [0.1, 0.15) is 27.8 Å². The molecule has 1 atom stereocenters. The number of nitrogens with zero attached hydrogens (tertiary/aromatic N) is 3. The van der Waals surface area contributed by atoms with Crippen molar-refractivity contribution in [2.45, 2.75) is 31.7 Å². The van der Waals surface area contributed by atoms with Gasteiger partial charge in [-0.3, -0.25) is 14.5 Å². The Balaban J connectivity index is 1.40. The fourth-order valence-corrected chi connectivity index (χ4v) is 5.65. The minimum absolute atomic E-state index is 0.143. The van der Waals surface area contributed by atoms with Crippen molar-refractivity contribution < 1.29 is 22.8 Å². The molecule has 0 unspecified atom stereocenters. The van der Waals surface area contributed by atoms with Crippen molar-refractivity contribution >= 4 is 29.5 Å². The van der Waals surface area contributed by atoms with E-state index in [-0.39, 0.29) is 12.5 Å². The Morgan fingerprint density at radius 3 is 1.93 bits per heavy atom. The summed E-state index contributed by atoms with van der Waals surface area (Å²) in [7, 11) is 0. The number of carbonyl (C=O) groups excluding carboxylic acids is 2. The molecule has 0 bridgehead atoms. The summed E-state index contributed by atoms with van der Waals surface area (Å²) in [5, 5.41) is 0.550. The Kier molecular flexibility index (Phi) is 10.9. The second-order valence-electron chi connectivity index (χ2n) is 11.3. The van der Waals surface area contributed by atoms with E-state index in [1.165, 1.54) is 29.8 Å². The van der Waals surface area contributed by atoms with Gasteiger partial charge in [-0.05, 0) is 52.6 Å². The van der Waals surface area contributed by atoms with Gasteiger partial charge in [0.05, 0.1) is 5.56 Å². The van der Waals surface area contributed by atoms with Gasteiger partial charge in [-0.15, -0.1) is 0 Å². The molecule has 0 saturated carbocycles. The van der Waals surface area contributed by atoms with E-state index in [0.717, 1.165) is 29.8 Å². The highest BCUT2D eigenvalue weighted by Gasteiger charge is 2.34. The minimum atomic E-state index is -4.45. The highest BCUT2D eigenvalue weighted by molar-refractivity contribution is 6.30. The molecule has 5 nitrogen and oxygen atoms in total. The zero-order chi connectivity index (χ0) is 32.5. The van der Waals surface area contributed by atoms with E-state index in [1.54, 1.807) is 17.0 Å². The monoisotopic (exact) mass is 645 g/mol. The standard InChI is InChI=1S/C37H35ClF3N3O2/c38-33-18-13-31(14-19-33)27-44(35(45)20-15-28-11-16-32(17-12-28)37(39,40)41)34(25-29-7-3-1-4-8-29)36(46)43-23-21-42(22-24-43)26-30-9-5-2-6-10-30/h1-20,34H,21-27H2/b20-15+/t34-/m0/s1. The van der Waals surface area contributed by atoms with E-state index < -0.39 is 23.7 Å². The Labute approximate surface area is 272 Å². The molecule has 9 heteroatoms. The topological polar surface area (TPSA) is 43.9 Å². The van der Waals surface area contributed by atoms with E-state index in [4.69, 9.17) is 11.6 Å². The molecule has 0 aromatic heterocycles. The van der Waals surface area contributed by atoms with Crippen LogP contribution >= 0.6 is 11.6 Å². The predicted molar refractivity (Wildman–Crippen MR) is 175 cm³/mol. The van der Waals surface area contributed by atoms with Crippen LogP contribution in [0.25, 0.3) is 6.08 Å². The molecule has 0 spiro atoms. The molecule has 4 aromatic carbocycles. The lowest BCUT2D eigenvalue weighted by Crippen LogP contribution is -2.56. The SMILES string of the molecule is O=C([C@H](Cc1ccccc1)N(Cc1ccc(Cl)cc1)C(=O)/C=C/c1ccc(C(F)(F)F)cc1)N1CCN(Cc2ccccc2)CC1. The van der Waals surface area contributed by atoms with Gasteiger partial charge in [0.25, 0.3) is 0 Å². The van der Waals surface area contributed by atoms with Gasteiger partial charge >= 0.3 is 6.18 Å². The molecule has 2 amide bonds. The summed E-state index contributed by atoms with van der Waals surface area (Å²) in [6, 6.07) is 30.6. The molecule has 0 radical (unpaired) electrons. The summed E-state index contributed by atoms with van der Waals surface area (Å²) in [4.78, 5) is 34.0. The fraction of sp³-hybridized carbons (Fsp3) is 0.243. The van der Waals surface area contributed by atoms with Crippen LogP contribution in [0, 0.1) is 0 Å². The van der Waals surface area contributed by atoms with E-state index >= 15 is 0 Å².